The van der Waals surface area contributed by atoms with Gasteiger partial charge in [0.15, 0.2) is 0 Å². The second kappa shape index (κ2) is 6.07. The standard InChI is InChI=1S/C13H19F2NO/c1-4-17-13(8(2)3)12(16)9-5-10(14)7-11(15)6-9/h5-8,12-13H,4,16H2,1-3H3. The third-order valence-electron chi connectivity index (χ3n) is 2.64. The molecule has 0 amide bonds. The molecule has 0 saturated heterocycles. The molecule has 96 valence electrons. The quantitative estimate of drug-likeness (QED) is 0.862. The first-order chi connectivity index (χ1) is 7.95. The van der Waals surface area contributed by atoms with Gasteiger partial charge in [0.05, 0.1) is 12.1 Å². The van der Waals surface area contributed by atoms with Gasteiger partial charge in [0.1, 0.15) is 11.6 Å². The average molecular weight is 243 g/mol. The Kier molecular flexibility index (Phi) is 5.02. The van der Waals surface area contributed by atoms with Gasteiger partial charge in [-0.25, -0.2) is 8.78 Å². The van der Waals surface area contributed by atoms with Gasteiger partial charge in [0.2, 0.25) is 0 Å². The Balaban J connectivity index is 2.96. The van der Waals surface area contributed by atoms with Crippen molar-refractivity contribution >= 4 is 0 Å². The first kappa shape index (κ1) is 14.1. The smallest absolute Gasteiger partial charge is 0.126 e. The van der Waals surface area contributed by atoms with Crippen molar-refractivity contribution in [2.24, 2.45) is 11.7 Å². The Bertz CT molecular complexity index is 348. The summed E-state index contributed by atoms with van der Waals surface area (Å²) in [5.41, 5.74) is 6.43. The summed E-state index contributed by atoms with van der Waals surface area (Å²) in [5.74, 6) is -1.06. The lowest BCUT2D eigenvalue weighted by atomic mass is 9.94. The van der Waals surface area contributed by atoms with Crippen molar-refractivity contribution < 1.29 is 13.5 Å². The minimum Gasteiger partial charge on any atom is -0.376 e. The summed E-state index contributed by atoms with van der Waals surface area (Å²) >= 11 is 0. The molecule has 4 heteroatoms. The Labute approximate surface area is 101 Å². The summed E-state index contributed by atoms with van der Waals surface area (Å²) in [7, 11) is 0. The number of nitrogens with two attached hydrogens (primary N) is 1. The van der Waals surface area contributed by atoms with Crippen LogP contribution in [0.5, 0.6) is 0 Å². The van der Waals surface area contributed by atoms with Gasteiger partial charge in [-0.3, -0.25) is 0 Å². The summed E-state index contributed by atoms with van der Waals surface area (Å²) in [4.78, 5) is 0. The molecule has 0 radical (unpaired) electrons. The van der Waals surface area contributed by atoms with Gasteiger partial charge in [0, 0.05) is 12.7 Å². The molecule has 2 unspecified atom stereocenters. The zero-order valence-corrected chi connectivity index (χ0v) is 10.4. The number of hydrogen-bond acceptors (Lipinski definition) is 2. The molecule has 0 aliphatic rings. The fourth-order valence-electron chi connectivity index (χ4n) is 1.86. The molecule has 0 spiro atoms. The second-order valence-electron chi connectivity index (χ2n) is 4.39. The number of ether oxygens (including phenoxy) is 1. The number of halogens is 2. The number of rotatable bonds is 5. The van der Waals surface area contributed by atoms with Crippen LogP contribution in [0.4, 0.5) is 8.78 Å². The minimum atomic E-state index is -0.616. The van der Waals surface area contributed by atoms with E-state index in [9.17, 15) is 8.78 Å². The minimum absolute atomic E-state index is 0.177. The highest BCUT2D eigenvalue weighted by Crippen LogP contribution is 2.24. The Hall–Kier alpha value is -1.00. The average Bonchev–Trinajstić information content (AvgIpc) is 2.23. The van der Waals surface area contributed by atoms with Gasteiger partial charge < -0.3 is 10.5 Å². The number of benzene rings is 1. The second-order valence-corrected chi connectivity index (χ2v) is 4.39. The molecule has 1 rings (SSSR count). The molecule has 0 aliphatic carbocycles. The van der Waals surface area contributed by atoms with Crippen molar-refractivity contribution in [1.29, 1.82) is 0 Å². The maximum absolute atomic E-state index is 13.1. The van der Waals surface area contributed by atoms with Gasteiger partial charge in [-0.1, -0.05) is 13.8 Å². The summed E-state index contributed by atoms with van der Waals surface area (Å²) in [6, 6.07) is 2.81. The highest BCUT2D eigenvalue weighted by atomic mass is 19.1. The molecule has 0 aromatic heterocycles. The van der Waals surface area contributed by atoms with Crippen LogP contribution in [0.15, 0.2) is 18.2 Å². The van der Waals surface area contributed by atoms with E-state index in [-0.39, 0.29) is 12.0 Å². The lowest BCUT2D eigenvalue weighted by molar-refractivity contribution is 0.0120. The van der Waals surface area contributed by atoms with Crippen molar-refractivity contribution in [2.75, 3.05) is 6.61 Å². The predicted octanol–water partition coefficient (Wildman–Crippen LogP) is 3.03. The predicted molar refractivity (Wildman–Crippen MR) is 63.5 cm³/mol. The first-order valence-corrected chi connectivity index (χ1v) is 5.78. The molecule has 17 heavy (non-hydrogen) atoms. The van der Waals surface area contributed by atoms with Gasteiger partial charge in [-0.15, -0.1) is 0 Å². The molecule has 0 aliphatic heterocycles. The molecule has 2 nitrogen and oxygen atoms in total. The van der Waals surface area contributed by atoms with Crippen LogP contribution < -0.4 is 5.73 Å². The molecular weight excluding hydrogens is 224 g/mol. The largest absolute Gasteiger partial charge is 0.376 e. The summed E-state index contributed by atoms with van der Waals surface area (Å²) in [5, 5.41) is 0. The normalized spacial score (nSPS) is 15.0. The van der Waals surface area contributed by atoms with Crippen molar-refractivity contribution in [3.8, 4) is 0 Å². The topological polar surface area (TPSA) is 35.2 Å². The van der Waals surface area contributed by atoms with Crippen LogP contribution in [-0.4, -0.2) is 12.7 Å². The molecule has 2 atom stereocenters. The molecule has 0 heterocycles. The van der Waals surface area contributed by atoms with E-state index in [0.717, 1.165) is 6.07 Å². The molecule has 0 bridgehead atoms. The van der Waals surface area contributed by atoms with E-state index in [4.69, 9.17) is 10.5 Å². The fourth-order valence-corrected chi connectivity index (χ4v) is 1.86. The van der Waals surface area contributed by atoms with Gasteiger partial charge >= 0.3 is 0 Å². The zero-order valence-electron chi connectivity index (χ0n) is 10.4. The Morgan fingerprint density at radius 2 is 1.71 bits per heavy atom. The molecule has 0 fully saturated rings. The SMILES string of the molecule is CCOC(C(C)C)C(N)c1cc(F)cc(F)c1. The molecule has 0 saturated carbocycles. The van der Waals surface area contributed by atoms with Crippen molar-refractivity contribution in [2.45, 2.75) is 32.9 Å². The molecule has 1 aromatic rings. The van der Waals surface area contributed by atoms with Gasteiger partial charge in [0.25, 0.3) is 0 Å². The Morgan fingerprint density at radius 3 is 2.12 bits per heavy atom. The lowest BCUT2D eigenvalue weighted by Crippen LogP contribution is -2.33. The van der Waals surface area contributed by atoms with E-state index in [1.165, 1.54) is 12.1 Å². The van der Waals surface area contributed by atoms with Crippen LogP contribution >= 0.6 is 0 Å². The fraction of sp³-hybridized carbons (Fsp3) is 0.538. The van der Waals surface area contributed by atoms with E-state index >= 15 is 0 Å². The monoisotopic (exact) mass is 243 g/mol. The summed E-state index contributed by atoms with van der Waals surface area (Å²) in [6.07, 6.45) is -0.249. The maximum Gasteiger partial charge on any atom is 0.126 e. The molecular formula is C13H19F2NO. The van der Waals surface area contributed by atoms with Crippen molar-refractivity contribution in [3.63, 3.8) is 0 Å². The van der Waals surface area contributed by atoms with E-state index < -0.39 is 17.7 Å². The summed E-state index contributed by atoms with van der Waals surface area (Å²) in [6.45, 7) is 6.33. The van der Waals surface area contributed by atoms with Gasteiger partial charge in [-0.2, -0.15) is 0 Å². The van der Waals surface area contributed by atoms with Crippen LogP contribution in [-0.2, 0) is 4.74 Å². The van der Waals surface area contributed by atoms with Crippen molar-refractivity contribution in [1.82, 2.24) is 0 Å². The maximum atomic E-state index is 13.1. The van der Waals surface area contributed by atoms with Crippen LogP contribution in [0.25, 0.3) is 0 Å². The third-order valence-corrected chi connectivity index (χ3v) is 2.64. The van der Waals surface area contributed by atoms with E-state index in [0.29, 0.717) is 12.2 Å². The van der Waals surface area contributed by atoms with E-state index in [1.807, 2.05) is 20.8 Å². The lowest BCUT2D eigenvalue weighted by Gasteiger charge is -2.27. The van der Waals surface area contributed by atoms with Crippen LogP contribution in [0.3, 0.4) is 0 Å². The van der Waals surface area contributed by atoms with Gasteiger partial charge in [-0.05, 0) is 30.5 Å². The third kappa shape index (κ3) is 3.75. The zero-order chi connectivity index (χ0) is 13.0. The van der Waals surface area contributed by atoms with Crippen LogP contribution in [0, 0.1) is 17.6 Å². The highest BCUT2D eigenvalue weighted by molar-refractivity contribution is 5.22. The van der Waals surface area contributed by atoms with E-state index in [1.54, 1.807) is 0 Å². The first-order valence-electron chi connectivity index (χ1n) is 5.78. The Morgan fingerprint density at radius 1 is 1.18 bits per heavy atom. The number of hydrogen-bond donors (Lipinski definition) is 1. The van der Waals surface area contributed by atoms with Crippen LogP contribution in [0.1, 0.15) is 32.4 Å². The van der Waals surface area contributed by atoms with Crippen molar-refractivity contribution in [3.05, 3.63) is 35.4 Å². The summed E-state index contributed by atoms with van der Waals surface area (Å²) < 4.78 is 31.7. The molecule has 2 N–H and O–H groups in total. The van der Waals surface area contributed by atoms with Crippen LogP contribution in [0.2, 0.25) is 0 Å². The van der Waals surface area contributed by atoms with E-state index in [2.05, 4.69) is 0 Å². The highest BCUT2D eigenvalue weighted by Gasteiger charge is 2.24. The molecule has 1 aromatic carbocycles.